The standard InChI is InChI=1S/C24H22N2O3/c1-17(27)23(16-18-5-12-22(28)13-6-18)26-21-9-7-19(8-10-21)24(29)14-11-20-4-2-3-15-25-20/h2-15,23,26,28H,16H2,1H3/t23-/m0/s1. The summed E-state index contributed by atoms with van der Waals surface area (Å²) in [6, 6.07) is 18.9. The highest BCUT2D eigenvalue weighted by atomic mass is 16.3. The zero-order valence-electron chi connectivity index (χ0n) is 16.1. The van der Waals surface area contributed by atoms with Gasteiger partial charge in [0.15, 0.2) is 11.6 Å². The van der Waals surface area contributed by atoms with Crippen LogP contribution in [0.4, 0.5) is 5.69 Å². The van der Waals surface area contributed by atoms with Crippen LogP contribution in [0, 0.1) is 0 Å². The molecule has 1 aromatic heterocycles. The Morgan fingerprint density at radius 2 is 1.76 bits per heavy atom. The van der Waals surface area contributed by atoms with Gasteiger partial charge in [0.05, 0.1) is 11.7 Å². The van der Waals surface area contributed by atoms with Crippen LogP contribution in [-0.4, -0.2) is 27.7 Å². The third-order valence-corrected chi connectivity index (χ3v) is 4.47. The number of ketones is 2. The first-order chi connectivity index (χ1) is 14.0. The number of Topliss-reactive ketones (excluding diaryl/α,β-unsaturated/α-hetero) is 1. The van der Waals surface area contributed by atoms with Gasteiger partial charge in [-0.3, -0.25) is 14.6 Å². The Morgan fingerprint density at radius 3 is 2.38 bits per heavy atom. The number of pyridine rings is 1. The Bertz CT molecular complexity index is 995. The number of nitrogens with one attached hydrogen (secondary N) is 1. The van der Waals surface area contributed by atoms with E-state index in [1.807, 2.05) is 18.2 Å². The highest BCUT2D eigenvalue weighted by molar-refractivity contribution is 6.06. The molecule has 5 heteroatoms. The second-order valence-corrected chi connectivity index (χ2v) is 6.71. The first-order valence-corrected chi connectivity index (χ1v) is 9.29. The molecule has 29 heavy (non-hydrogen) atoms. The van der Waals surface area contributed by atoms with Crippen LogP contribution in [0.1, 0.15) is 28.5 Å². The van der Waals surface area contributed by atoms with E-state index in [9.17, 15) is 14.7 Å². The molecule has 2 N–H and O–H groups in total. The van der Waals surface area contributed by atoms with E-state index in [-0.39, 0.29) is 17.3 Å². The molecule has 5 nitrogen and oxygen atoms in total. The van der Waals surface area contributed by atoms with Gasteiger partial charge in [-0.2, -0.15) is 0 Å². The molecule has 0 spiro atoms. The van der Waals surface area contributed by atoms with Crippen molar-refractivity contribution in [3.05, 3.63) is 95.8 Å². The van der Waals surface area contributed by atoms with E-state index in [2.05, 4.69) is 10.3 Å². The van der Waals surface area contributed by atoms with Crippen molar-refractivity contribution in [1.29, 1.82) is 0 Å². The maximum absolute atomic E-state index is 12.3. The summed E-state index contributed by atoms with van der Waals surface area (Å²) in [5.41, 5.74) is 2.98. The van der Waals surface area contributed by atoms with Gasteiger partial charge in [-0.1, -0.05) is 18.2 Å². The molecule has 0 bridgehead atoms. The molecule has 0 aliphatic heterocycles. The van der Waals surface area contributed by atoms with Gasteiger partial charge < -0.3 is 10.4 Å². The normalized spacial score (nSPS) is 11.9. The number of phenolic OH excluding ortho intramolecular Hbond substituents is 1. The number of hydrogen-bond acceptors (Lipinski definition) is 5. The minimum absolute atomic E-state index is 0.0107. The van der Waals surface area contributed by atoms with Gasteiger partial charge in [-0.05, 0) is 79.6 Å². The first kappa shape index (κ1) is 20.0. The maximum atomic E-state index is 12.3. The van der Waals surface area contributed by atoms with Crippen molar-refractivity contribution >= 4 is 23.3 Å². The van der Waals surface area contributed by atoms with Gasteiger partial charge in [0.2, 0.25) is 0 Å². The van der Waals surface area contributed by atoms with Crippen LogP contribution in [0.3, 0.4) is 0 Å². The molecule has 0 amide bonds. The zero-order valence-corrected chi connectivity index (χ0v) is 16.1. The van der Waals surface area contributed by atoms with Gasteiger partial charge in [0, 0.05) is 17.4 Å². The lowest BCUT2D eigenvalue weighted by Gasteiger charge is -2.17. The molecule has 3 rings (SSSR count). The van der Waals surface area contributed by atoms with Crippen molar-refractivity contribution in [3.8, 4) is 5.75 Å². The van der Waals surface area contributed by atoms with Crippen molar-refractivity contribution in [1.82, 2.24) is 4.98 Å². The topological polar surface area (TPSA) is 79.3 Å². The minimum atomic E-state index is -0.398. The van der Waals surface area contributed by atoms with Crippen molar-refractivity contribution in [2.75, 3.05) is 5.32 Å². The fourth-order valence-electron chi connectivity index (χ4n) is 2.83. The second-order valence-electron chi connectivity index (χ2n) is 6.71. The average Bonchev–Trinajstić information content (AvgIpc) is 2.74. The predicted octanol–water partition coefficient (Wildman–Crippen LogP) is 4.30. The van der Waals surface area contributed by atoms with Gasteiger partial charge in [0.1, 0.15) is 5.75 Å². The number of anilines is 1. The quantitative estimate of drug-likeness (QED) is 0.446. The van der Waals surface area contributed by atoms with Crippen molar-refractivity contribution < 1.29 is 14.7 Å². The van der Waals surface area contributed by atoms with Gasteiger partial charge >= 0.3 is 0 Å². The summed E-state index contributed by atoms with van der Waals surface area (Å²) in [6.45, 7) is 1.54. The molecular weight excluding hydrogens is 364 g/mol. The summed E-state index contributed by atoms with van der Waals surface area (Å²) in [4.78, 5) is 28.5. The van der Waals surface area contributed by atoms with Crippen molar-refractivity contribution in [2.45, 2.75) is 19.4 Å². The molecule has 0 radical (unpaired) electrons. The first-order valence-electron chi connectivity index (χ1n) is 9.29. The molecule has 2 aromatic carbocycles. The average molecular weight is 386 g/mol. The second kappa shape index (κ2) is 9.46. The number of rotatable bonds is 8. The summed E-state index contributed by atoms with van der Waals surface area (Å²) in [6.07, 6.45) is 5.35. The molecular formula is C24H22N2O3. The van der Waals surface area contributed by atoms with Crippen LogP contribution in [-0.2, 0) is 11.2 Å². The molecule has 0 saturated carbocycles. The number of hydrogen-bond donors (Lipinski definition) is 2. The molecule has 0 saturated heterocycles. The largest absolute Gasteiger partial charge is 0.508 e. The summed E-state index contributed by atoms with van der Waals surface area (Å²) in [5.74, 6) is 0.0874. The Morgan fingerprint density at radius 1 is 1.03 bits per heavy atom. The number of aromatic hydroxyl groups is 1. The molecule has 3 aromatic rings. The lowest BCUT2D eigenvalue weighted by Crippen LogP contribution is -2.29. The number of allylic oxidation sites excluding steroid dienone is 1. The SMILES string of the molecule is CC(=O)[C@H](Cc1ccc(O)cc1)Nc1ccc(C(=O)C=Cc2ccccn2)cc1. The summed E-state index contributed by atoms with van der Waals surface area (Å²) < 4.78 is 0. The molecule has 1 atom stereocenters. The predicted molar refractivity (Wildman–Crippen MR) is 114 cm³/mol. The summed E-state index contributed by atoms with van der Waals surface area (Å²) >= 11 is 0. The van der Waals surface area contributed by atoms with Gasteiger partial charge in [-0.15, -0.1) is 0 Å². The van der Waals surface area contributed by atoms with Crippen LogP contribution < -0.4 is 5.32 Å². The minimum Gasteiger partial charge on any atom is -0.508 e. The van der Waals surface area contributed by atoms with Crippen LogP contribution in [0.2, 0.25) is 0 Å². The number of carbonyl (C=O) groups excluding carboxylic acids is 2. The molecule has 0 unspecified atom stereocenters. The Labute approximate surface area is 169 Å². The number of nitrogens with zero attached hydrogens (tertiary/aromatic N) is 1. The van der Waals surface area contributed by atoms with E-state index in [4.69, 9.17) is 0 Å². The Kier molecular flexibility index (Phi) is 6.53. The van der Waals surface area contributed by atoms with E-state index < -0.39 is 6.04 Å². The molecule has 146 valence electrons. The number of benzene rings is 2. The Balaban J connectivity index is 1.65. The van der Waals surface area contributed by atoms with E-state index in [0.717, 1.165) is 16.9 Å². The maximum Gasteiger partial charge on any atom is 0.185 e. The van der Waals surface area contributed by atoms with Gasteiger partial charge in [0.25, 0.3) is 0 Å². The highest BCUT2D eigenvalue weighted by Crippen LogP contribution is 2.16. The monoisotopic (exact) mass is 386 g/mol. The number of phenols is 1. The smallest absolute Gasteiger partial charge is 0.185 e. The van der Waals surface area contributed by atoms with E-state index in [1.165, 1.54) is 6.08 Å². The molecule has 1 heterocycles. The highest BCUT2D eigenvalue weighted by Gasteiger charge is 2.15. The van der Waals surface area contributed by atoms with Gasteiger partial charge in [-0.25, -0.2) is 0 Å². The number of carbonyl (C=O) groups is 2. The summed E-state index contributed by atoms with van der Waals surface area (Å²) in [5, 5.41) is 12.6. The fourth-order valence-corrected chi connectivity index (χ4v) is 2.83. The third kappa shape index (κ3) is 5.87. The lowest BCUT2D eigenvalue weighted by atomic mass is 10.0. The van der Waals surface area contributed by atoms with Crippen LogP contribution >= 0.6 is 0 Å². The Hall–Kier alpha value is -3.73. The third-order valence-electron chi connectivity index (χ3n) is 4.47. The van der Waals surface area contributed by atoms with E-state index in [0.29, 0.717) is 12.0 Å². The lowest BCUT2D eigenvalue weighted by molar-refractivity contribution is -0.117. The summed E-state index contributed by atoms with van der Waals surface area (Å²) in [7, 11) is 0. The molecule has 0 fully saturated rings. The number of aromatic nitrogens is 1. The fraction of sp³-hybridized carbons (Fsp3) is 0.125. The van der Waals surface area contributed by atoms with Crippen molar-refractivity contribution in [2.24, 2.45) is 0 Å². The van der Waals surface area contributed by atoms with Crippen LogP contribution in [0.15, 0.2) is 79.0 Å². The van der Waals surface area contributed by atoms with Crippen LogP contribution in [0.25, 0.3) is 6.08 Å². The zero-order chi connectivity index (χ0) is 20.6. The van der Waals surface area contributed by atoms with E-state index in [1.54, 1.807) is 67.7 Å². The van der Waals surface area contributed by atoms with E-state index >= 15 is 0 Å². The van der Waals surface area contributed by atoms with Crippen molar-refractivity contribution in [3.63, 3.8) is 0 Å². The molecule has 0 aliphatic rings. The van der Waals surface area contributed by atoms with Crippen LogP contribution in [0.5, 0.6) is 5.75 Å². The molecule has 0 aliphatic carbocycles.